The molecule has 2 aliphatic rings. The molecule has 194 valence electrons. The van der Waals surface area contributed by atoms with E-state index in [1.807, 2.05) is 11.3 Å². The Morgan fingerprint density at radius 2 is 1.41 bits per heavy atom. The van der Waals surface area contributed by atoms with Crippen molar-refractivity contribution in [3.8, 4) is 11.8 Å². The van der Waals surface area contributed by atoms with Crippen LogP contribution in [0.25, 0.3) is 65.8 Å². The molecule has 0 N–H and O–H groups in total. The zero-order chi connectivity index (χ0) is 27.1. The van der Waals surface area contributed by atoms with Gasteiger partial charge in [0.1, 0.15) is 0 Å². The van der Waals surface area contributed by atoms with Gasteiger partial charge in [0.2, 0.25) is 0 Å². The van der Waals surface area contributed by atoms with E-state index >= 15 is 0 Å². The Balaban J connectivity index is 1.29. The van der Waals surface area contributed by atoms with E-state index in [2.05, 4.69) is 118 Å². The first-order valence-corrected chi connectivity index (χ1v) is 15.1. The first-order valence-electron chi connectivity index (χ1n) is 14.3. The van der Waals surface area contributed by atoms with Crippen molar-refractivity contribution in [2.24, 2.45) is 0 Å². The second kappa shape index (κ2) is 8.57. The molecule has 0 aliphatic heterocycles. The molecular weight excluding hydrogens is 518 g/mol. The summed E-state index contributed by atoms with van der Waals surface area (Å²) in [5.41, 5.74) is 10.7. The van der Waals surface area contributed by atoms with Crippen molar-refractivity contribution in [3.63, 3.8) is 0 Å². The number of nitriles is 1. The first-order chi connectivity index (χ1) is 20.3. The van der Waals surface area contributed by atoms with Crippen molar-refractivity contribution >= 4 is 71.5 Å². The highest BCUT2D eigenvalue weighted by Crippen LogP contribution is 2.43. The summed E-state index contributed by atoms with van der Waals surface area (Å²) in [6.45, 7) is 0. The standard InChI is InChI=1S/C37H25N3S/c38-22-23-8-7-14-34-37(23)28-11-2-5-13-32(28)40(34)24-16-18-33-29(20-24)26-9-1-4-12-31(26)39(33)25-17-19-36-30(21-25)27-10-3-6-15-35(27)41-36/h1-6,8-13,15-16,18,20-21H,7,14,17,19H2. The lowest BCUT2D eigenvalue weighted by molar-refractivity contribution is 0.886. The molecule has 0 saturated heterocycles. The van der Waals surface area contributed by atoms with Crippen LogP contribution in [0.15, 0.2) is 97.1 Å². The third-order valence-electron chi connectivity index (χ3n) is 8.92. The molecule has 3 nitrogen and oxygen atoms in total. The summed E-state index contributed by atoms with van der Waals surface area (Å²) in [6.07, 6.45) is 8.44. The van der Waals surface area contributed by atoms with Crippen molar-refractivity contribution in [1.29, 1.82) is 5.26 Å². The van der Waals surface area contributed by atoms with Crippen LogP contribution in [0.5, 0.6) is 0 Å². The zero-order valence-electron chi connectivity index (χ0n) is 22.4. The van der Waals surface area contributed by atoms with E-state index in [1.54, 1.807) is 0 Å². The highest BCUT2D eigenvalue weighted by Gasteiger charge is 2.25. The minimum absolute atomic E-state index is 0.795. The van der Waals surface area contributed by atoms with Gasteiger partial charge in [0.05, 0.1) is 28.2 Å². The van der Waals surface area contributed by atoms with Gasteiger partial charge in [0.15, 0.2) is 0 Å². The Labute approximate surface area is 241 Å². The van der Waals surface area contributed by atoms with E-state index in [9.17, 15) is 5.26 Å². The molecular formula is C37H25N3S. The van der Waals surface area contributed by atoms with E-state index in [0.717, 1.165) is 53.4 Å². The molecule has 0 spiro atoms. The van der Waals surface area contributed by atoms with Crippen molar-refractivity contribution < 1.29 is 0 Å². The van der Waals surface area contributed by atoms with Gasteiger partial charge in [-0.1, -0.05) is 60.7 Å². The van der Waals surface area contributed by atoms with Crippen molar-refractivity contribution in [1.82, 2.24) is 9.13 Å². The number of thiophene rings is 1. The third-order valence-corrected chi connectivity index (χ3v) is 10.2. The SMILES string of the molecule is N#CC1=CCCc2c1c1ccccc1n2-c1ccc2c(c1)c1ccccc1n2C1=Cc2c(sc3ccccc23)CC1. The number of benzene rings is 4. The number of fused-ring (bicyclic) bond motifs is 9. The summed E-state index contributed by atoms with van der Waals surface area (Å²) in [4.78, 5) is 1.49. The number of hydrogen-bond donors (Lipinski definition) is 0. The molecule has 0 bridgehead atoms. The normalized spacial score (nSPS) is 14.7. The average molecular weight is 544 g/mol. The van der Waals surface area contributed by atoms with E-state index in [1.165, 1.54) is 53.7 Å². The van der Waals surface area contributed by atoms with Crippen LogP contribution in [-0.2, 0) is 12.8 Å². The Bertz CT molecular complexity index is 2330. The fraction of sp³-hybridized carbons (Fsp3) is 0.108. The van der Waals surface area contributed by atoms with Crippen LogP contribution in [0.4, 0.5) is 0 Å². The molecule has 0 radical (unpaired) electrons. The van der Waals surface area contributed by atoms with Gasteiger partial charge in [-0.05, 0) is 73.7 Å². The number of nitrogens with zero attached hydrogens (tertiary/aromatic N) is 3. The lowest BCUT2D eigenvalue weighted by atomic mass is 9.95. The molecule has 0 unspecified atom stereocenters. The molecule has 4 aromatic carbocycles. The van der Waals surface area contributed by atoms with Gasteiger partial charge in [-0.2, -0.15) is 5.26 Å². The molecule has 4 heteroatoms. The summed E-state index contributed by atoms with van der Waals surface area (Å²) >= 11 is 1.94. The number of para-hydroxylation sites is 2. The maximum absolute atomic E-state index is 9.93. The Morgan fingerprint density at radius 1 is 0.683 bits per heavy atom. The van der Waals surface area contributed by atoms with Gasteiger partial charge in [-0.25, -0.2) is 0 Å². The topological polar surface area (TPSA) is 33.6 Å². The molecule has 0 atom stereocenters. The highest BCUT2D eigenvalue weighted by molar-refractivity contribution is 7.19. The molecule has 3 aromatic heterocycles. The van der Waals surface area contributed by atoms with Crippen LogP contribution >= 0.6 is 11.3 Å². The quantitative estimate of drug-likeness (QED) is 0.214. The number of allylic oxidation sites excluding steroid dienone is 3. The van der Waals surface area contributed by atoms with Crippen LogP contribution in [0.2, 0.25) is 0 Å². The van der Waals surface area contributed by atoms with Gasteiger partial charge in [-0.3, -0.25) is 0 Å². The van der Waals surface area contributed by atoms with Gasteiger partial charge in [0, 0.05) is 53.8 Å². The van der Waals surface area contributed by atoms with Crippen LogP contribution in [0.3, 0.4) is 0 Å². The molecule has 41 heavy (non-hydrogen) atoms. The van der Waals surface area contributed by atoms with Crippen LogP contribution in [-0.4, -0.2) is 9.13 Å². The summed E-state index contributed by atoms with van der Waals surface area (Å²) in [7, 11) is 0. The van der Waals surface area contributed by atoms with Gasteiger partial charge in [-0.15, -0.1) is 11.3 Å². The van der Waals surface area contributed by atoms with E-state index in [-0.39, 0.29) is 0 Å². The van der Waals surface area contributed by atoms with Crippen molar-refractivity contribution in [3.05, 3.63) is 119 Å². The molecule has 0 amide bonds. The number of aromatic nitrogens is 2. The molecule has 0 saturated carbocycles. The van der Waals surface area contributed by atoms with E-state index < -0.39 is 0 Å². The second-order valence-electron chi connectivity index (χ2n) is 11.1. The first kappa shape index (κ1) is 22.9. The predicted molar refractivity (Wildman–Crippen MR) is 173 cm³/mol. The maximum Gasteiger partial charge on any atom is 0.0995 e. The van der Waals surface area contributed by atoms with Crippen LogP contribution in [0.1, 0.15) is 34.5 Å². The Morgan fingerprint density at radius 3 is 2.27 bits per heavy atom. The molecule has 3 heterocycles. The Kier molecular flexibility index (Phi) is 4.79. The summed E-state index contributed by atoms with van der Waals surface area (Å²) in [5.74, 6) is 0. The number of rotatable bonds is 2. The minimum Gasteiger partial charge on any atom is -0.313 e. The average Bonchev–Trinajstić information content (AvgIpc) is 3.68. The van der Waals surface area contributed by atoms with Gasteiger partial charge in [0.25, 0.3) is 0 Å². The van der Waals surface area contributed by atoms with Crippen molar-refractivity contribution in [2.45, 2.75) is 25.7 Å². The zero-order valence-corrected chi connectivity index (χ0v) is 23.2. The minimum atomic E-state index is 0.795. The fourth-order valence-electron chi connectivity index (χ4n) is 7.21. The lowest BCUT2D eigenvalue weighted by Crippen LogP contribution is -2.05. The second-order valence-corrected chi connectivity index (χ2v) is 12.2. The predicted octanol–water partition coefficient (Wildman–Crippen LogP) is 9.75. The highest BCUT2D eigenvalue weighted by atomic mass is 32.1. The number of hydrogen-bond acceptors (Lipinski definition) is 2. The van der Waals surface area contributed by atoms with E-state index in [0.29, 0.717) is 0 Å². The molecule has 9 rings (SSSR count). The van der Waals surface area contributed by atoms with Crippen molar-refractivity contribution in [2.75, 3.05) is 0 Å². The Hall–Kier alpha value is -4.85. The number of aryl methyl sites for hydroxylation is 1. The summed E-state index contributed by atoms with van der Waals surface area (Å²) in [5, 5.41) is 15.0. The third kappa shape index (κ3) is 3.18. The largest absolute Gasteiger partial charge is 0.313 e. The lowest BCUT2D eigenvalue weighted by Gasteiger charge is -2.18. The van der Waals surface area contributed by atoms with E-state index in [4.69, 9.17) is 0 Å². The fourth-order valence-corrected chi connectivity index (χ4v) is 8.39. The summed E-state index contributed by atoms with van der Waals surface area (Å²) in [6, 6.07) is 35.5. The molecule has 7 aromatic rings. The smallest absolute Gasteiger partial charge is 0.0995 e. The molecule has 2 aliphatic carbocycles. The van der Waals surface area contributed by atoms with Gasteiger partial charge < -0.3 is 9.13 Å². The summed E-state index contributed by atoms with van der Waals surface area (Å²) < 4.78 is 6.26. The van der Waals surface area contributed by atoms with Crippen LogP contribution in [0, 0.1) is 11.3 Å². The maximum atomic E-state index is 9.93. The monoisotopic (exact) mass is 543 g/mol. The van der Waals surface area contributed by atoms with Gasteiger partial charge >= 0.3 is 0 Å². The van der Waals surface area contributed by atoms with Crippen LogP contribution < -0.4 is 0 Å². The molecule has 0 fully saturated rings.